The number of anilines is 3. The van der Waals surface area contributed by atoms with E-state index in [0.717, 1.165) is 44.9 Å². The average Bonchev–Trinajstić information content (AvgIpc) is 3.69. The number of hydrogen-bond donors (Lipinski definition) is 0. The normalized spacial score (nSPS) is 11.3. The van der Waals surface area contributed by atoms with Crippen molar-refractivity contribution in [3.8, 4) is 44.7 Å². The van der Waals surface area contributed by atoms with Gasteiger partial charge in [-0.25, -0.2) is 0 Å². The molecule has 254 valence electrons. The minimum absolute atomic E-state index is 0.853. The molecule has 0 fully saturated rings. The van der Waals surface area contributed by atoms with Gasteiger partial charge in [0.05, 0.1) is 0 Å². The van der Waals surface area contributed by atoms with Gasteiger partial charge in [0.25, 0.3) is 0 Å². The van der Waals surface area contributed by atoms with Crippen LogP contribution in [0.3, 0.4) is 0 Å². The third-order valence-electron chi connectivity index (χ3n) is 10.5. The van der Waals surface area contributed by atoms with Crippen LogP contribution >= 0.6 is 0 Å². The highest BCUT2D eigenvalue weighted by atomic mass is 16.3. The molecule has 54 heavy (non-hydrogen) atoms. The summed E-state index contributed by atoms with van der Waals surface area (Å²) in [6.07, 6.45) is 0. The molecule has 1 heterocycles. The van der Waals surface area contributed by atoms with Gasteiger partial charge in [0, 0.05) is 28.0 Å². The fourth-order valence-corrected chi connectivity index (χ4v) is 7.86. The van der Waals surface area contributed by atoms with Crippen LogP contribution in [0, 0.1) is 0 Å². The zero-order valence-corrected chi connectivity index (χ0v) is 29.6. The van der Waals surface area contributed by atoms with E-state index in [9.17, 15) is 0 Å². The Kier molecular flexibility index (Phi) is 7.85. The van der Waals surface area contributed by atoms with Crippen LogP contribution in [0.2, 0.25) is 0 Å². The monoisotopic (exact) mass is 689 g/mol. The van der Waals surface area contributed by atoms with Crippen molar-refractivity contribution >= 4 is 49.6 Å². The first-order valence-corrected chi connectivity index (χ1v) is 18.4. The summed E-state index contributed by atoms with van der Waals surface area (Å²) in [4.78, 5) is 2.35. The topological polar surface area (TPSA) is 16.4 Å². The van der Waals surface area contributed by atoms with Crippen LogP contribution in [-0.2, 0) is 0 Å². The Morgan fingerprint density at radius 3 is 1.61 bits per heavy atom. The molecule has 9 aromatic carbocycles. The zero-order valence-electron chi connectivity index (χ0n) is 29.6. The van der Waals surface area contributed by atoms with Gasteiger partial charge in [0.1, 0.15) is 11.3 Å². The van der Waals surface area contributed by atoms with Gasteiger partial charge in [0.15, 0.2) is 0 Å². The zero-order chi connectivity index (χ0) is 35.8. The summed E-state index contributed by atoms with van der Waals surface area (Å²) in [7, 11) is 0. The van der Waals surface area contributed by atoms with Gasteiger partial charge in [-0.2, -0.15) is 0 Å². The van der Waals surface area contributed by atoms with Crippen molar-refractivity contribution in [2.24, 2.45) is 0 Å². The van der Waals surface area contributed by atoms with Crippen LogP contribution in [0.25, 0.3) is 77.2 Å². The number of fused-ring (bicyclic) bond motifs is 4. The predicted octanol–water partition coefficient (Wildman–Crippen LogP) is 14.9. The molecule has 0 radical (unpaired) electrons. The second kappa shape index (κ2) is 13.4. The molecule has 10 aromatic rings. The number of para-hydroxylation sites is 1. The van der Waals surface area contributed by atoms with Crippen molar-refractivity contribution in [1.82, 2.24) is 0 Å². The minimum Gasteiger partial charge on any atom is -0.456 e. The van der Waals surface area contributed by atoms with Crippen LogP contribution < -0.4 is 4.90 Å². The molecule has 2 heteroatoms. The largest absolute Gasteiger partial charge is 0.456 e. The fourth-order valence-electron chi connectivity index (χ4n) is 7.86. The van der Waals surface area contributed by atoms with Gasteiger partial charge < -0.3 is 9.32 Å². The first-order chi connectivity index (χ1) is 26.8. The molecule has 0 aliphatic carbocycles. The van der Waals surface area contributed by atoms with Gasteiger partial charge in [-0.1, -0.05) is 164 Å². The van der Waals surface area contributed by atoms with Gasteiger partial charge in [-0.3, -0.25) is 0 Å². The fraction of sp³-hybridized carbons (Fsp3) is 0. The summed E-state index contributed by atoms with van der Waals surface area (Å²) in [6.45, 7) is 0. The SMILES string of the molecule is c1ccc(-c2ccccc2-c2ccccc2-c2ccc(N(c3cccc(-c4cc5ccccc5o4)c3)c3ccc4c(ccc5ccccc54)c3)cc2)cc1. The van der Waals surface area contributed by atoms with Crippen molar-refractivity contribution in [3.05, 3.63) is 212 Å². The lowest BCUT2D eigenvalue weighted by Gasteiger charge is -2.26. The molecule has 0 bridgehead atoms. The molecule has 1 aromatic heterocycles. The maximum Gasteiger partial charge on any atom is 0.135 e. The number of benzene rings is 9. The lowest BCUT2D eigenvalue weighted by Crippen LogP contribution is -2.10. The molecule has 0 amide bonds. The Balaban J connectivity index is 1.09. The van der Waals surface area contributed by atoms with Crippen LogP contribution in [0.1, 0.15) is 0 Å². The summed E-state index contributed by atoms with van der Waals surface area (Å²) in [5, 5.41) is 6.05. The average molecular weight is 690 g/mol. The number of rotatable bonds is 7. The van der Waals surface area contributed by atoms with Gasteiger partial charge in [-0.15, -0.1) is 0 Å². The first kappa shape index (κ1) is 31.6. The number of nitrogens with zero attached hydrogens (tertiary/aromatic N) is 1. The van der Waals surface area contributed by atoms with Crippen molar-refractivity contribution in [3.63, 3.8) is 0 Å². The van der Waals surface area contributed by atoms with Crippen LogP contribution in [0.15, 0.2) is 217 Å². The van der Waals surface area contributed by atoms with Gasteiger partial charge >= 0.3 is 0 Å². The van der Waals surface area contributed by atoms with Gasteiger partial charge in [0.2, 0.25) is 0 Å². The Morgan fingerprint density at radius 1 is 0.296 bits per heavy atom. The second-order valence-corrected chi connectivity index (χ2v) is 13.7. The molecule has 0 unspecified atom stereocenters. The summed E-state index contributed by atoms with van der Waals surface area (Å²) < 4.78 is 6.33. The van der Waals surface area contributed by atoms with E-state index in [-0.39, 0.29) is 0 Å². The molecular weight excluding hydrogens is 655 g/mol. The third kappa shape index (κ3) is 5.71. The molecular formula is C52H35NO. The molecule has 0 atom stereocenters. The molecule has 0 saturated heterocycles. The van der Waals surface area contributed by atoms with E-state index in [4.69, 9.17) is 4.42 Å². The Morgan fingerprint density at radius 2 is 0.852 bits per heavy atom. The maximum absolute atomic E-state index is 6.33. The first-order valence-electron chi connectivity index (χ1n) is 18.4. The van der Waals surface area contributed by atoms with Crippen molar-refractivity contribution in [2.75, 3.05) is 4.90 Å². The summed E-state index contributed by atoms with van der Waals surface area (Å²) in [5.41, 5.74) is 12.4. The van der Waals surface area contributed by atoms with Gasteiger partial charge in [-0.05, 0) is 103 Å². The highest BCUT2D eigenvalue weighted by Gasteiger charge is 2.17. The van der Waals surface area contributed by atoms with Crippen molar-refractivity contribution < 1.29 is 4.42 Å². The van der Waals surface area contributed by atoms with E-state index in [1.807, 2.05) is 18.2 Å². The van der Waals surface area contributed by atoms with Crippen LogP contribution in [-0.4, -0.2) is 0 Å². The quantitative estimate of drug-likeness (QED) is 0.155. The number of hydrogen-bond acceptors (Lipinski definition) is 2. The Labute approximate surface area is 314 Å². The van der Waals surface area contributed by atoms with E-state index in [0.29, 0.717) is 0 Å². The minimum atomic E-state index is 0.853. The highest BCUT2D eigenvalue weighted by Crippen LogP contribution is 2.42. The van der Waals surface area contributed by atoms with Crippen molar-refractivity contribution in [1.29, 1.82) is 0 Å². The molecule has 0 aliphatic heterocycles. The molecule has 10 rings (SSSR count). The highest BCUT2D eigenvalue weighted by molar-refractivity contribution is 6.08. The van der Waals surface area contributed by atoms with E-state index < -0.39 is 0 Å². The molecule has 0 aliphatic rings. The molecule has 0 N–H and O–H groups in total. The van der Waals surface area contributed by atoms with E-state index >= 15 is 0 Å². The van der Waals surface area contributed by atoms with E-state index in [1.54, 1.807) is 0 Å². The van der Waals surface area contributed by atoms with Crippen LogP contribution in [0.5, 0.6) is 0 Å². The lowest BCUT2D eigenvalue weighted by molar-refractivity contribution is 0.631. The summed E-state index contributed by atoms with van der Waals surface area (Å²) in [6, 6.07) is 75.9. The number of furan rings is 1. The van der Waals surface area contributed by atoms with Crippen molar-refractivity contribution in [2.45, 2.75) is 0 Å². The predicted molar refractivity (Wildman–Crippen MR) is 228 cm³/mol. The second-order valence-electron chi connectivity index (χ2n) is 13.7. The lowest BCUT2D eigenvalue weighted by atomic mass is 9.89. The summed E-state index contributed by atoms with van der Waals surface area (Å²) in [5.74, 6) is 0.853. The smallest absolute Gasteiger partial charge is 0.135 e. The molecule has 0 spiro atoms. The Hall–Kier alpha value is -7.16. The maximum atomic E-state index is 6.33. The molecule has 2 nitrogen and oxygen atoms in total. The Bertz CT molecular complexity index is 2910. The summed E-state index contributed by atoms with van der Waals surface area (Å²) >= 11 is 0. The standard InChI is InChI=1S/C52H35NO/c1-2-13-36(14-3-1)46-20-7-9-22-49(46)50-23-10-8-21-47(50)38-27-29-42(30-28-38)53(44-31-32-48-39(33-44)26-25-37-15-4-6-19-45(37)48)43-18-12-17-40(34-43)52-35-41-16-5-11-24-51(41)54-52/h1-35H. The van der Waals surface area contributed by atoms with Crippen LogP contribution in [0.4, 0.5) is 17.1 Å². The molecule has 0 saturated carbocycles. The van der Waals surface area contributed by atoms with E-state index in [2.05, 4.69) is 199 Å². The van der Waals surface area contributed by atoms with E-state index in [1.165, 1.54) is 49.4 Å². The third-order valence-corrected chi connectivity index (χ3v) is 10.5.